The summed E-state index contributed by atoms with van der Waals surface area (Å²) < 4.78 is 0. The summed E-state index contributed by atoms with van der Waals surface area (Å²) >= 11 is 2.96. The van der Waals surface area contributed by atoms with Crippen LogP contribution in [0.1, 0.15) is 21.7 Å². The number of carbonyl (C=O) groups is 1. The molecule has 24 heavy (non-hydrogen) atoms. The summed E-state index contributed by atoms with van der Waals surface area (Å²) in [4.78, 5) is 22.3. The van der Waals surface area contributed by atoms with E-state index in [2.05, 4.69) is 40.4 Å². The van der Waals surface area contributed by atoms with E-state index in [4.69, 9.17) is 0 Å². The van der Waals surface area contributed by atoms with E-state index in [9.17, 15) is 4.79 Å². The van der Waals surface area contributed by atoms with Gasteiger partial charge in [-0.05, 0) is 51.5 Å². The summed E-state index contributed by atoms with van der Waals surface area (Å²) in [6, 6.07) is 8.33. The average molecular weight is 358 g/mol. The van der Waals surface area contributed by atoms with E-state index in [0.717, 1.165) is 32.1 Å². The number of anilines is 1. The van der Waals surface area contributed by atoms with Gasteiger partial charge in [-0.15, -0.1) is 11.3 Å². The Hall–Kier alpha value is -1.92. The topological polar surface area (TPSA) is 54.9 Å². The van der Waals surface area contributed by atoms with E-state index in [-0.39, 0.29) is 5.91 Å². The first-order valence-corrected chi connectivity index (χ1v) is 9.47. The number of thioether (sulfide) groups is 1. The standard InChI is InChI=1S/C18H19N3OS2/c1-10-5-6-15-14(7-10)8-11(2)17(20-15)23-9-16(22)21-18-19-12(3)13(4)24-18/h5-8H,9H2,1-4H3,(H,19,21,22). The van der Waals surface area contributed by atoms with Gasteiger partial charge in [0.05, 0.1) is 17.0 Å². The molecule has 6 heteroatoms. The highest BCUT2D eigenvalue weighted by Crippen LogP contribution is 2.26. The third-order valence-electron chi connectivity index (χ3n) is 3.73. The number of aryl methyl sites for hydroxylation is 4. The number of nitrogens with zero attached hydrogens (tertiary/aromatic N) is 2. The van der Waals surface area contributed by atoms with Crippen LogP contribution in [0.25, 0.3) is 10.9 Å². The Balaban J connectivity index is 1.69. The highest BCUT2D eigenvalue weighted by Gasteiger charge is 2.11. The van der Waals surface area contributed by atoms with Gasteiger partial charge >= 0.3 is 0 Å². The average Bonchev–Trinajstić information content (AvgIpc) is 2.83. The minimum Gasteiger partial charge on any atom is -0.301 e. The molecule has 0 bridgehead atoms. The summed E-state index contributed by atoms with van der Waals surface area (Å²) in [5, 5.41) is 5.55. The van der Waals surface area contributed by atoms with Crippen molar-refractivity contribution in [1.29, 1.82) is 0 Å². The highest BCUT2D eigenvalue weighted by molar-refractivity contribution is 8.00. The van der Waals surface area contributed by atoms with Crippen molar-refractivity contribution in [1.82, 2.24) is 9.97 Å². The molecule has 0 atom stereocenters. The van der Waals surface area contributed by atoms with Crippen LogP contribution < -0.4 is 5.32 Å². The molecule has 4 nitrogen and oxygen atoms in total. The fourth-order valence-electron chi connectivity index (χ4n) is 2.35. The Morgan fingerprint density at radius 3 is 2.67 bits per heavy atom. The predicted molar refractivity (Wildman–Crippen MR) is 102 cm³/mol. The molecule has 2 heterocycles. The minimum atomic E-state index is -0.0565. The number of fused-ring (bicyclic) bond motifs is 1. The Morgan fingerprint density at radius 2 is 1.96 bits per heavy atom. The van der Waals surface area contributed by atoms with E-state index < -0.39 is 0 Å². The lowest BCUT2D eigenvalue weighted by molar-refractivity contribution is -0.113. The molecular weight excluding hydrogens is 338 g/mol. The van der Waals surface area contributed by atoms with Gasteiger partial charge < -0.3 is 5.32 Å². The molecular formula is C18H19N3OS2. The van der Waals surface area contributed by atoms with E-state index in [1.807, 2.05) is 26.8 Å². The number of rotatable bonds is 4. The second kappa shape index (κ2) is 6.91. The van der Waals surface area contributed by atoms with Crippen molar-refractivity contribution in [2.24, 2.45) is 0 Å². The van der Waals surface area contributed by atoms with Crippen LogP contribution >= 0.6 is 23.1 Å². The Morgan fingerprint density at radius 1 is 1.17 bits per heavy atom. The van der Waals surface area contributed by atoms with Crippen molar-refractivity contribution in [2.75, 3.05) is 11.1 Å². The number of thiazole rings is 1. The van der Waals surface area contributed by atoms with Crippen molar-refractivity contribution >= 4 is 45.0 Å². The number of aromatic nitrogens is 2. The zero-order chi connectivity index (χ0) is 17.3. The molecule has 0 aliphatic carbocycles. The zero-order valence-electron chi connectivity index (χ0n) is 14.1. The van der Waals surface area contributed by atoms with Gasteiger partial charge in [0.2, 0.25) is 5.91 Å². The van der Waals surface area contributed by atoms with Crippen molar-refractivity contribution in [2.45, 2.75) is 32.7 Å². The van der Waals surface area contributed by atoms with E-state index in [1.165, 1.54) is 28.7 Å². The summed E-state index contributed by atoms with van der Waals surface area (Å²) in [5.41, 5.74) is 4.23. The van der Waals surface area contributed by atoms with Gasteiger partial charge in [-0.3, -0.25) is 4.79 Å². The van der Waals surface area contributed by atoms with Gasteiger partial charge in [0, 0.05) is 10.3 Å². The van der Waals surface area contributed by atoms with Crippen LogP contribution in [-0.2, 0) is 4.79 Å². The number of hydrogen-bond donors (Lipinski definition) is 1. The van der Waals surface area contributed by atoms with Crippen LogP contribution in [-0.4, -0.2) is 21.6 Å². The van der Waals surface area contributed by atoms with Crippen LogP contribution in [0, 0.1) is 27.7 Å². The fraction of sp³-hybridized carbons (Fsp3) is 0.278. The Bertz CT molecular complexity index is 899. The molecule has 1 N–H and O–H groups in total. The van der Waals surface area contributed by atoms with Crippen LogP contribution in [0.5, 0.6) is 0 Å². The first kappa shape index (κ1) is 16.9. The first-order valence-electron chi connectivity index (χ1n) is 7.67. The van der Waals surface area contributed by atoms with E-state index in [1.54, 1.807) is 0 Å². The number of benzene rings is 1. The summed E-state index contributed by atoms with van der Waals surface area (Å²) in [6.07, 6.45) is 0. The molecule has 1 aromatic carbocycles. The SMILES string of the molecule is Cc1ccc2nc(SCC(=O)Nc3nc(C)c(C)s3)c(C)cc2c1. The number of carbonyl (C=O) groups excluding carboxylic acids is 1. The summed E-state index contributed by atoms with van der Waals surface area (Å²) in [6.45, 7) is 8.05. The molecule has 124 valence electrons. The van der Waals surface area contributed by atoms with Gasteiger partial charge in [0.25, 0.3) is 0 Å². The lowest BCUT2D eigenvalue weighted by Crippen LogP contribution is -2.14. The molecule has 0 fully saturated rings. The fourth-order valence-corrected chi connectivity index (χ4v) is 3.97. The summed E-state index contributed by atoms with van der Waals surface area (Å²) in [7, 11) is 0. The first-order chi connectivity index (χ1) is 11.4. The van der Waals surface area contributed by atoms with Gasteiger partial charge in [-0.1, -0.05) is 23.4 Å². The number of pyridine rings is 1. The molecule has 1 amide bonds. The van der Waals surface area contributed by atoms with Crippen molar-refractivity contribution < 1.29 is 4.79 Å². The van der Waals surface area contributed by atoms with Crippen LogP contribution in [0.3, 0.4) is 0 Å². The molecule has 3 rings (SSSR count). The molecule has 0 saturated carbocycles. The Labute approximate surface area is 149 Å². The number of amides is 1. The normalized spacial score (nSPS) is 11.0. The third-order valence-corrected chi connectivity index (χ3v) is 5.81. The molecule has 0 unspecified atom stereocenters. The quantitative estimate of drug-likeness (QED) is 0.690. The molecule has 2 aromatic heterocycles. The molecule has 0 spiro atoms. The maximum Gasteiger partial charge on any atom is 0.236 e. The predicted octanol–water partition coefficient (Wildman–Crippen LogP) is 4.66. The van der Waals surface area contributed by atoms with Gasteiger partial charge in [-0.25, -0.2) is 9.97 Å². The Kier molecular flexibility index (Phi) is 4.87. The van der Waals surface area contributed by atoms with Crippen molar-refractivity contribution in [3.63, 3.8) is 0 Å². The maximum absolute atomic E-state index is 12.1. The largest absolute Gasteiger partial charge is 0.301 e. The molecule has 0 saturated heterocycles. The van der Waals surface area contributed by atoms with Crippen molar-refractivity contribution in [3.8, 4) is 0 Å². The number of hydrogen-bond acceptors (Lipinski definition) is 5. The minimum absolute atomic E-state index is 0.0565. The number of nitrogens with one attached hydrogen (secondary N) is 1. The van der Waals surface area contributed by atoms with Crippen molar-refractivity contribution in [3.05, 3.63) is 46.0 Å². The summed E-state index contributed by atoms with van der Waals surface area (Å²) in [5.74, 6) is 0.266. The molecule has 3 aromatic rings. The van der Waals surface area contributed by atoms with E-state index >= 15 is 0 Å². The lowest BCUT2D eigenvalue weighted by Gasteiger charge is -2.07. The van der Waals surface area contributed by atoms with Gasteiger partial charge in [0.1, 0.15) is 5.03 Å². The zero-order valence-corrected chi connectivity index (χ0v) is 15.8. The van der Waals surface area contributed by atoms with Crippen LogP contribution in [0.4, 0.5) is 5.13 Å². The van der Waals surface area contributed by atoms with E-state index in [0.29, 0.717) is 10.9 Å². The molecule has 0 aliphatic heterocycles. The second-order valence-corrected chi connectivity index (χ2v) is 7.97. The molecule has 0 aliphatic rings. The lowest BCUT2D eigenvalue weighted by atomic mass is 10.1. The smallest absolute Gasteiger partial charge is 0.236 e. The van der Waals surface area contributed by atoms with Gasteiger partial charge in [-0.2, -0.15) is 0 Å². The second-order valence-electron chi connectivity index (χ2n) is 5.80. The molecule has 0 radical (unpaired) electrons. The van der Waals surface area contributed by atoms with Crippen LogP contribution in [0.15, 0.2) is 29.3 Å². The van der Waals surface area contributed by atoms with Crippen LogP contribution in [0.2, 0.25) is 0 Å². The monoisotopic (exact) mass is 357 g/mol. The highest BCUT2D eigenvalue weighted by atomic mass is 32.2. The van der Waals surface area contributed by atoms with Gasteiger partial charge in [0.15, 0.2) is 5.13 Å². The third kappa shape index (κ3) is 3.76. The maximum atomic E-state index is 12.1.